The van der Waals surface area contributed by atoms with Crippen LogP contribution in [-0.4, -0.2) is 22.4 Å². The van der Waals surface area contributed by atoms with Crippen LogP contribution in [0.25, 0.3) is 0 Å². The van der Waals surface area contributed by atoms with Crippen molar-refractivity contribution in [3.8, 4) is 0 Å². The van der Waals surface area contributed by atoms with Crippen molar-refractivity contribution in [1.82, 2.24) is 15.1 Å². The molecule has 0 fully saturated rings. The molecule has 0 saturated heterocycles. The molecule has 0 amide bonds. The van der Waals surface area contributed by atoms with E-state index < -0.39 is 0 Å². The van der Waals surface area contributed by atoms with Crippen LogP contribution >= 0.6 is 0 Å². The molecule has 0 aliphatic rings. The van der Waals surface area contributed by atoms with E-state index in [9.17, 15) is 0 Å². The Morgan fingerprint density at radius 2 is 2.05 bits per heavy atom. The first-order valence-electron chi connectivity index (χ1n) is 7.88. The maximum atomic E-state index is 4.51. The van der Waals surface area contributed by atoms with Crippen molar-refractivity contribution in [2.75, 3.05) is 6.54 Å². The molecule has 0 radical (unpaired) electrons. The SMILES string of the molecule is C=C(CC)CC(CCc1c(C)nn(C)c1C)NCCC. The summed E-state index contributed by atoms with van der Waals surface area (Å²) in [5.41, 5.74) is 5.23. The van der Waals surface area contributed by atoms with Crippen LogP contribution in [0.15, 0.2) is 12.2 Å². The molecule has 0 saturated carbocycles. The van der Waals surface area contributed by atoms with Crippen molar-refractivity contribution in [2.24, 2.45) is 7.05 Å². The summed E-state index contributed by atoms with van der Waals surface area (Å²) in [7, 11) is 2.03. The zero-order valence-electron chi connectivity index (χ0n) is 13.9. The molecule has 1 atom stereocenters. The predicted octanol–water partition coefficient (Wildman–Crippen LogP) is 3.69. The highest BCUT2D eigenvalue weighted by molar-refractivity contribution is 5.24. The first-order chi connectivity index (χ1) is 9.49. The van der Waals surface area contributed by atoms with Gasteiger partial charge in [0.05, 0.1) is 5.69 Å². The summed E-state index contributed by atoms with van der Waals surface area (Å²) in [6, 6.07) is 0.543. The minimum absolute atomic E-state index is 0.543. The van der Waals surface area contributed by atoms with E-state index in [1.165, 1.54) is 28.9 Å². The van der Waals surface area contributed by atoms with E-state index in [1.54, 1.807) is 0 Å². The highest BCUT2D eigenvalue weighted by atomic mass is 15.3. The topological polar surface area (TPSA) is 29.9 Å². The number of aryl methyl sites for hydroxylation is 2. The quantitative estimate of drug-likeness (QED) is 0.698. The van der Waals surface area contributed by atoms with Crippen LogP contribution in [-0.2, 0) is 13.5 Å². The number of rotatable bonds is 9. The van der Waals surface area contributed by atoms with Gasteiger partial charge in [-0.05, 0) is 58.1 Å². The van der Waals surface area contributed by atoms with Crippen LogP contribution in [0.5, 0.6) is 0 Å². The molecule has 20 heavy (non-hydrogen) atoms. The van der Waals surface area contributed by atoms with Crippen molar-refractivity contribution in [1.29, 1.82) is 0 Å². The van der Waals surface area contributed by atoms with E-state index in [0.29, 0.717) is 6.04 Å². The lowest BCUT2D eigenvalue weighted by Crippen LogP contribution is -2.30. The van der Waals surface area contributed by atoms with Gasteiger partial charge in [-0.1, -0.05) is 26.0 Å². The third-order valence-electron chi connectivity index (χ3n) is 4.12. The molecule has 0 aromatic carbocycles. The van der Waals surface area contributed by atoms with E-state index >= 15 is 0 Å². The van der Waals surface area contributed by atoms with Crippen molar-refractivity contribution < 1.29 is 0 Å². The summed E-state index contributed by atoms with van der Waals surface area (Å²) >= 11 is 0. The molecule has 0 spiro atoms. The maximum Gasteiger partial charge on any atom is 0.0628 e. The molecule has 1 N–H and O–H groups in total. The van der Waals surface area contributed by atoms with Gasteiger partial charge in [-0.25, -0.2) is 0 Å². The Morgan fingerprint density at radius 3 is 2.55 bits per heavy atom. The Bertz CT molecular complexity index is 432. The predicted molar refractivity (Wildman–Crippen MR) is 87.1 cm³/mol. The molecule has 3 heteroatoms. The first-order valence-corrected chi connectivity index (χ1v) is 7.88. The molecule has 1 aromatic rings. The Labute approximate surface area is 124 Å². The van der Waals surface area contributed by atoms with Crippen LogP contribution in [0, 0.1) is 13.8 Å². The lowest BCUT2D eigenvalue weighted by molar-refractivity contribution is 0.472. The zero-order chi connectivity index (χ0) is 15.1. The molecule has 0 aliphatic carbocycles. The fourth-order valence-corrected chi connectivity index (χ4v) is 2.62. The molecule has 1 heterocycles. The average Bonchev–Trinajstić information content (AvgIpc) is 2.66. The molecule has 3 nitrogen and oxygen atoms in total. The van der Waals surface area contributed by atoms with Gasteiger partial charge in [0.1, 0.15) is 0 Å². The monoisotopic (exact) mass is 277 g/mol. The third kappa shape index (κ3) is 4.78. The van der Waals surface area contributed by atoms with E-state index in [0.717, 1.165) is 32.2 Å². The molecule has 1 unspecified atom stereocenters. The first kappa shape index (κ1) is 17.0. The fourth-order valence-electron chi connectivity index (χ4n) is 2.62. The second-order valence-electron chi connectivity index (χ2n) is 5.77. The lowest BCUT2D eigenvalue weighted by Gasteiger charge is -2.19. The van der Waals surface area contributed by atoms with Gasteiger partial charge >= 0.3 is 0 Å². The number of nitrogens with one attached hydrogen (secondary N) is 1. The average molecular weight is 277 g/mol. The van der Waals surface area contributed by atoms with Gasteiger partial charge in [0.25, 0.3) is 0 Å². The largest absolute Gasteiger partial charge is 0.314 e. The molecule has 114 valence electrons. The van der Waals surface area contributed by atoms with Gasteiger partial charge in [0.2, 0.25) is 0 Å². The Morgan fingerprint density at radius 1 is 1.35 bits per heavy atom. The molecule has 1 rings (SSSR count). The smallest absolute Gasteiger partial charge is 0.0628 e. The normalized spacial score (nSPS) is 12.7. The summed E-state index contributed by atoms with van der Waals surface area (Å²) in [6.45, 7) is 13.9. The van der Waals surface area contributed by atoms with E-state index in [1.807, 2.05) is 11.7 Å². The van der Waals surface area contributed by atoms with Crippen LogP contribution in [0.4, 0.5) is 0 Å². The number of nitrogens with zero attached hydrogens (tertiary/aromatic N) is 2. The van der Waals surface area contributed by atoms with Gasteiger partial charge in [0.15, 0.2) is 0 Å². The van der Waals surface area contributed by atoms with Gasteiger partial charge in [0, 0.05) is 18.8 Å². The Kier molecular flexibility index (Phi) is 7.00. The molecule has 0 aliphatic heterocycles. The van der Waals surface area contributed by atoms with Gasteiger partial charge in [-0.15, -0.1) is 0 Å². The third-order valence-corrected chi connectivity index (χ3v) is 4.12. The molecule has 0 bridgehead atoms. The van der Waals surface area contributed by atoms with Crippen molar-refractivity contribution in [3.63, 3.8) is 0 Å². The summed E-state index contributed by atoms with van der Waals surface area (Å²) in [6.07, 6.45) is 5.61. The van der Waals surface area contributed by atoms with Crippen LogP contribution in [0.2, 0.25) is 0 Å². The standard InChI is InChI=1S/C17H31N3/c1-7-11-18-16(12-13(3)8-2)9-10-17-14(4)19-20(6)15(17)5/h16,18H,3,7-12H2,1-2,4-6H3. The lowest BCUT2D eigenvalue weighted by atomic mass is 9.97. The van der Waals surface area contributed by atoms with E-state index in [2.05, 4.69) is 44.7 Å². The zero-order valence-corrected chi connectivity index (χ0v) is 13.9. The van der Waals surface area contributed by atoms with Crippen molar-refractivity contribution in [2.45, 2.75) is 65.8 Å². The van der Waals surface area contributed by atoms with Crippen LogP contribution < -0.4 is 5.32 Å². The number of hydrogen-bond donors (Lipinski definition) is 1. The highest BCUT2D eigenvalue weighted by Crippen LogP contribution is 2.17. The number of aromatic nitrogens is 2. The van der Waals surface area contributed by atoms with Crippen LogP contribution in [0.1, 0.15) is 56.5 Å². The maximum absolute atomic E-state index is 4.51. The van der Waals surface area contributed by atoms with Gasteiger partial charge in [-0.3, -0.25) is 4.68 Å². The van der Waals surface area contributed by atoms with Gasteiger partial charge < -0.3 is 5.32 Å². The Hall–Kier alpha value is -1.09. The summed E-state index contributed by atoms with van der Waals surface area (Å²) in [5, 5.41) is 8.17. The van der Waals surface area contributed by atoms with Crippen molar-refractivity contribution >= 4 is 0 Å². The molecular weight excluding hydrogens is 246 g/mol. The second kappa shape index (κ2) is 8.25. The molecule has 1 aromatic heterocycles. The second-order valence-corrected chi connectivity index (χ2v) is 5.77. The fraction of sp³-hybridized carbons (Fsp3) is 0.706. The van der Waals surface area contributed by atoms with Crippen molar-refractivity contribution in [3.05, 3.63) is 29.1 Å². The summed E-state index contributed by atoms with van der Waals surface area (Å²) in [4.78, 5) is 0. The summed E-state index contributed by atoms with van der Waals surface area (Å²) < 4.78 is 1.99. The summed E-state index contributed by atoms with van der Waals surface area (Å²) in [5.74, 6) is 0. The van der Waals surface area contributed by atoms with Crippen LogP contribution in [0.3, 0.4) is 0 Å². The Balaban J connectivity index is 2.62. The van der Waals surface area contributed by atoms with Gasteiger partial charge in [-0.2, -0.15) is 5.10 Å². The van der Waals surface area contributed by atoms with E-state index in [4.69, 9.17) is 0 Å². The van der Waals surface area contributed by atoms with E-state index in [-0.39, 0.29) is 0 Å². The molecular formula is C17H31N3. The minimum atomic E-state index is 0.543. The minimum Gasteiger partial charge on any atom is -0.314 e. The number of hydrogen-bond acceptors (Lipinski definition) is 2. The highest BCUT2D eigenvalue weighted by Gasteiger charge is 2.13.